The first-order valence-corrected chi connectivity index (χ1v) is 14.0. The Kier molecular flexibility index (Phi) is 8.08. The standard InChI is InChI=1S/C34H26N2O9/c35-24-18-10-17-23-26(24)30(38)36(29(23)37)31-28(45-34(41)22-15-8-3-9-16-22)27(44-33(40)21-13-6-2-7-14-21)25(43-31)19-42-32(39)20-11-4-1-5-12-20/h1-18,25,27-28,31H,19,35H2/t25-,27-,28-,31-/m1/s1. The molecule has 11 nitrogen and oxygen atoms in total. The largest absolute Gasteiger partial charge is 0.459 e. The van der Waals surface area contributed by atoms with Gasteiger partial charge in [0, 0.05) is 5.69 Å². The number of benzene rings is 4. The van der Waals surface area contributed by atoms with Crippen LogP contribution in [0.2, 0.25) is 0 Å². The Hall–Kier alpha value is -5.81. The lowest BCUT2D eigenvalue weighted by molar-refractivity contribution is -0.0771. The molecule has 0 radical (unpaired) electrons. The first-order chi connectivity index (χ1) is 21.8. The second-order valence-corrected chi connectivity index (χ2v) is 10.3. The lowest BCUT2D eigenvalue weighted by Crippen LogP contribution is -2.50. The lowest BCUT2D eigenvalue weighted by atomic mass is 10.1. The molecule has 0 saturated carbocycles. The summed E-state index contributed by atoms with van der Waals surface area (Å²) in [4.78, 5) is 67.5. The van der Waals surface area contributed by atoms with Crippen LogP contribution in [-0.2, 0) is 18.9 Å². The number of amides is 2. The van der Waals surface area contributed by atoms with Gasteiger partial charge in [-0.1, -0.05) is 60.7 Å². The summed E-state index contributed by atoms with van der Waals surface area (Å²) in [5, 5.41) is 0. The summed E-state index contributed by atoms with van der Waals surface area (Å²) in [5.74, 6) is -3.84. The van der Waals surface area contributed by atoms with Gasteiger partial charge in [-0.15, -0.1) is 0 Å². The molecule has 0 unspecified atom stereocenters. The van der Waals surface area contributed by atoms with Gasteiger partial charge in [0.1, 0.15) is 12.7 Å². The predicted molar refractivity (Wildman–Crippen MR) is 158 cm³/mol. The zero-order valence-corrected chi connectivity index (χ0v) is 23.6. The number of nitrogens with two attached hydrogens (primary N) is 1. The van der Waals surface area contributed by atoms with E-state index in [0.29, 0.717) is 0 Å². The van der Waals surface area contributed by atoms with Crippen LogP contribution in [-0.4, -0.2) is 65.8 Å². The summed E-state index contributed by atoms with van der Waals surface area (Å²) in [7, 11) is 0. The minimum absolute atomic E-state index is 0.0315. The van der Waals surface area contributed by atoms with Crippen molar-refractivity contribution < 1.29 is 42.9 Å². The average Bonchev–Trinajstić information content (AvgIpc) is 3.53. The molecule has 2 N–H and O–H groups in total. The van der Waals surface area contributed by atoms with E-state index in [1.807, 2.05) is 0 Å². The molecule has 1 fully saturated rings. The maximum Gasteiger partial charge on any atom is 0.338 e. The molecule has 4 atom stereocenters. The molecule has 6 rings (SSSR count). The van der Waals surface area contributed by atoms with Gasteiger partial charge in [0.25, 0.3) is 11.8 Å². The first-order valence-electron chi connectivity index (χ1n) is 14.0. The number of nitrogens with zero attached hydrogens (tertiary/aromatic N) is 1. The lowest BCUT2D eigenvalue weighted by Gasteiger charge is -2.28. The molecule has 2 amide bonds. The highest BCUT2D eigenvalue weighted by Crippen LogP contribution is 2.37. The number of fused-ring (bicyclic) bond motifs is 1. The van der Waals surface area contributed by atoms with Crippen LogP contribution in [0, 0.1) is 0 Å². The van der Waals surface area contributed by atoms with Gasteiger partial charge < -0.3 is 24.7 Å². The Bertz CT molecular complexity index is 1760. The molecule has 0 aliphatic carbocycles. The van der Waals surface area contributed by atoms with Crippen LogP contribution in [0.4, 0.5) is 5.69 Å². The number of hydrogen-bond donors (Lipinski definition) is 1. The first kappa shape index (κ1) is 29.3. The molecule has 0 bridgehead atoms. The molecule has 4 aromatic rings. The smallest absolute Gasteiger partial charge is 0.338 e. The van der Waals surface area contributed by atoms with Crippen molar-refractivity contribution in [2.45, 2.75) is 24.5 Å². The molecule has 2 aliphatic rings. The van der Waals surface area contributed by atoms with E-state index in [0.717, 1.165) is 4.90 Å². The fourth-order valence-electron chi connectivity index (χ4n) is 5.23. The second-order valence-electron chi connectivity index (χ2n) is 10.3. The summed E-state index contributed by atoms with van der Waals surface area (Å²) in [5.41, 5.74) is 6.73. The molecule has 226 valence electrons. The van der Waals surface area contributed by atoms with Crippen LogP contribution >= 0.6 is 0 Å². The van der Waals surface area contributed by atoms with E-state index >= 15 is 0 Å². The van der Waals surface area contributed by atoms with E-state index in [2.05, 4.69) is 0 Å². The van der Waals surface area contributed by atoms with Gasteiger partial charge in [0.15, 0.2) is 18.4 Å². The highest BCUT2D eigenvalue weighted by molar-refractivity contribution is 6.23. The van der Waals surface area contributed by atoms with Crippen molar-refractivity contribution >= 4 is 35.4 Å². The molecular weight excluding hydrogens is 580 g/mol. The van der Waals surface area contributed by atoms with E-state index in [4.69, 9.17) is 24.7 Å². The van der Waals surface area contributed by atoms with Crippen molar-refractivity contribution in [1.29, 1.82) is 0 Å². The predicted octanol–water partition coefficient (Wildman–Crippen LogP) is 3.90. The SMILES string of the molecule is Nc1cccc2c1C(=O)N([C@@H]1O[C@H](COC(=O)c3ccccc3)[C@@H](OC(=O)c3ccccc3)[C@H]1OC(=O)c1ccccc1)C2=O. The third kappa shape index (κ3) is 5.76. The normalized spacial score (nSPS) is 20.4. The van der Waals surface area contributed by atoms with Crippen molar-refractivity contribution in [1.82, 2.24) is 4.90 Å². The van der Waals surface area contributed by atoms with Crippen LogP contribution in [0.1, 0.15) is 51.8 Å². The van der Waals surface area contributed by atoms with Gasteiger partial charge >= 0.3 is 17.9 Å². The molecule has 0 aromatic heterocycles. The number of carbonyl (C=O) groups is 5. The summed E-state index contributed by atoms with van der Waals surface area (Å²) >= 11 is 0. The molecule has 11 heteroatoms. The molecular formula is C34H26N2O9. The van der Waals surface area contributed by atoms with Gasteiger partial charge in [-0.2, -0.15) is 0 Å². The second kappa shape index (κ2) is 12.4. The van der Waals surface area contributed by atoms with Gasteiger partial charge in [-0.05, 0) is 48.5 Å². The Balaban J connectivity index is 1.37. The highest BCUT2D eigenvalue weighted by Gasteiger charge is 2.57. The Morgan fingerprint density at radius 3 is 1.69 bits per heavy atom. The number of rotatable bonds is 8. The van der Waals surface area contributed by atoms with Crippen molar-refractivity contribution in [3.63, 3.8) is 0 Å². The van der Waals surface area contributed by atoms with Crippen LogP contribution in [0.25, 0.3) is 0 Å². The summed E-state index contributed by atoms with van der Waals surface area (Å²) in [6, 6.07) is 28.7. The van der Waals surface area contributed by atoms with E-state index in [1.54, 1.807) is 66.7 Å². The molecule has 0 spiro atoms. The summed E-state index contributed by atoms with van der Waals surface area (Å²) < 4.78 is 23.4. The van der Waals surface area contributed by atoms with Gasteiger partial charge in [-0.25, -0.2) is 19.3 Å². The number of imide groups is 1. The zero-order chi connectivity index (χ0) is 31.5. The van der Waals surface area contributed by atoms with Crippen LogP contribution < -0.4 is 5.73 Å². The molecule has 1 saturated heterocycles. The minimum Gasteiger partial charge on any atom is -0.459 e. The minimum atomic E-state index is -1.57. The Morgan fingerprint density at radius 2 is 1.16 bits per heavy atom. The number of anilines is 1. The topological polar surface area (TPSA) is 152 Å². The Morgan fingerprint density at radius 1 is 0.644 bits per heavy atom. The fraction of sp³-hybridized carbons (Fsp3) is 0.147. The van der Waals surface area contributed by atoms with E-state index in [-0.39, 0.29) is 33.5 Å². The molecule has 2 heterocycles. The van der Waals surface area contributed by atoms with Crippen molar-refractivity contribution in [2.24, 2.45) is 0 Å². The zero-order valence-electron chi connectivity index (χ0n) is 23.6. The number of carbonyl (C=O) groups excluding carboxylic acids is 5. The summed E-state index contributed by atoms with van der Waals surface area (Å²) in [6.45, 7) is -0.471. The van der Waals surface area contributed by atoms with Crippen LogP contribution in [0.5, 0.6) is 0 Å². The maximum absolute atomic E-state index is 13.6. The maximum atomic E-state index is 13.6. The molecule has 45 heavy (non-hydrogen) atoms. The third-order valence-electron chi connectivity index (χ3n) is 7.41. The summed E-state index contributed by atoms with van der Waals surface area (Å²) in [6.07, 6.45) is -5.76. The Labute approximate surface area is 257 Å². The fourth-order valence-corrected chi connectivity index (χ4v) is 5.23. The quantitative estimate of drug-likeness (QED) is 0.135. The van der Waals surface area contributed by atoms with Crippen molar-refractivity contribution in [3.8, 4) is 0 Å². The number of ether oxygens (including phenoxy) is 4. The van der Waals surface area contributed by atoms with Gasteiger partial charge in [0.05, 0.1) is 27.8 Å². The number of esters is 3. The monoisotopic (exact) mass is 606 g/mol. The van der Waals surface area contributed by atoms with Crippen molar-refractivity contribution in [3.05, 3.63) is 137 Å². The molecule has 4 aromatic carbocycles. The van der Waals surface area contributed by atoms with Gasteiger partial charge in [-0.3, -0.25) is 9.59 Å². The van der Waals surface area contributed by atoms with Crippen LogP contribution in [0.3, 0.4) is 0 Å². The number of nitrogen functional groups attached to an aromatic ring is 1. The molecule has 2 aliphatic heterocycles. The van der Waals surface area contributed by atoms with Gasteiger partial charge in [0.2, 0.25) is 0 Å². The number of hydrogen-bond acceptors (Lipinski definition) is 10. The van der Waals surface area contributed by atoms with E-state index in [1.165, 1.54) is 42.5 Å². The average molecular weight is 607 g/mol. The van der Waals surface area contributed by atoms with E-state index < -0.39 is 60.9 Å². The highest BCUT2D eigenvalue weighted by atomic mass is 16.7. The van der Waals surface area contributed by atoms with Crippen molar-refractivity contribution in [2.75, 3.05) is 12.3 Å². The third-order valence-corrected chi connectivity index (χ3v) is 7.41. The van der Waals surface area contributed by atoms with E-state index in [9.17, 15) is 24.0 Å². The van der Waals surface area contributed by atoms with Crippen LogP contribution in [0.15, 0.2) is 109 Å².